The van der Waals surface area contributed by atoms with E-state index in [0.29, 0.717) is 16.7 Å². The van der Waals surface area contributed by atoms with Crippen LogP contribution in [0.3, 0.4) is 0 Å². The molecule has 2 atom stereocenters. The van der Waals surface area contributed by atoms with Crippen molar-refractivity contribution in [1.29, 1.82) is 0 Å². The monoisotopic (exact) mass is 286 g/mol. The molecule has 1 aromatic carbocycles. The first-order valence-electron chi connectivity index (χ1n) is 7.13. The number of benzene rings is 1. The smallest absolute Gasteiger partial charge is 0.259 e. The van der Waals surface area contributed by atoms with Gasteiger partial charge in [-0.15, -0.1) is 0 Å². The molecule has 0 radical (unpaired) electrons. The average molecular weight is 286 g/mol. The van der Waals surface area contributed by atoms with Crippen LogP contribution in [0.25, 0.3) is 11.0 Å². The summed E-state index contributed by atoms with van der Waals surface area (Å²) < 4.78 is 4.93. The SMILES string of the molecule is O=C1C2CCCCC2C(=O)N1c1ccc2onc(O)c2c1. The van der Waals surface area contributed by atoms with Gasteiger partial charge in [0.25, 0.3) is 5.88 Å². The molecule has 6 heteroatoms. The average Bonchev–Trinajstić information content (AvgIpc) is 2.99. The lowest BCUT2D eigenvalue weighted by atomic mass is 9.81. The van der Waals surface area contributed by atoms with Gasteiger partial charge in [0.2, 0.25) is 11.8 Å². The Balaban J connectivity index is 1.78. The molecule has 2 aromatic rings. The van der Waals surface area contributed by atoms with Gasteiger partial charge in [0.05, 0.1) is 22.9 Å². The Morgan fingerprint density at radius 2 is 1.81 bits per heavy atom. The van der Waals surface area contributed by atoms with E-state index in [9.17, 15) is 14.7 Å². The van der Waals surface area contributed by atoms with E-state index >= 15 is 0 Å². The Bertz CT molecular complexity index is 727. The molecule has 4 rings (SSSR count). The molecule has 6 nitrogen and oxygen atoms in total. The third-order valence-electron chi connectivity index (χ3n) is 4.53. The second-order valence-electron chi connectivity index (χ2n) is 5.70. The first-order valence-corrected chi connectivity index (χ1v) is 7.13. The summed E-state index contributed by atoms with van der Waals surface area (Å²) in [5.74, 6) is -0.848. The van der Waals surface area contributed by atoms with Crippen molar-refractivity contribution in [2.45, 2.75) is 25.7 Å². The summed E-state index contributed by atoms with van der Waals surface area (Å²) in [4.78, 5) is 26.3. The summed E-state index contributed by atoms with van der Waals surface area (Å²) in [6, 6.07) is 4.84. The number of imide groups is 1. The summed E-state index contributed by atoms with van der Waals surface area (Å²) in [5, 5.41) is 13.5. The van der Waals surface area contributed by atoms with Crippen LogP contribution >= 0.6 is 0 Å². The predicted molar refractivity (Wildman–Crippen MR) is 73.6 cm³/mol. The largest absolute Gasteiger partial charge is 0.491 e. The van der Waals surface area contributed by atoms with Crippen molar-refractivity contribution >= 4 is 28.5 Å². The summed E-state index contributed by atoms with van der Waals surface area (Å²) in [6.45, 7) is 0. The van der Waals surface area contributed by atoms with Gasteiger partial charge < -0.3 is 9.63 Å². The molecular weight excluding hydrogens is 272 g/mol. The van der Waals surface area contributed by atoms with Gasteiger partial charge in [-0.1, -0.05) is 12.8 Å². The second-order valence-corrected chi connectivity index (χ2v) is 5.70. The van der Waals surface area contributed by atoms with Crippen molar-refractivity contribution in [1.82, 2.24) is 5.16 Å². The fraction of sp³-hybridized carbons (Fsp3) is 0.400. The van der Waals surface area contributed by atoms with Gasteiger partial charge >= 0.3 is 0 Å². The number of nitrogens with zero attached hydrogens (tertiary/aromatic N) is 2. The lowest BCUT2D eigenvalue weighted by Gasteiger charge is -2.19. The zero-order valence-corrected chi connectivity index (χ0v) is 11.3. The second kappa shape index (κ2) is 4.31. The summed E-state index contributed by atoms with van der Waals surface area (Å²) >= 11 is 0. The minimum absolute atomic E-state index is 0.125. The van der Waals surface area contributed by atoms with Gasteiger partial charge in [0.15, 0.2) is 5.58 Å². The van der Waals surface area contributed by atoms with Crippen LogP contribution in [0.2, 0.25) is 0 Å². The van der Waals surface area contributed by atoms with Crippen LogP contribution in [0.5, 0.6) is 5.88 Å². The Hall–Kier alpha value is -2.37. The number of amides is 2. The van der Waals surface area contributed by atoms with Crippen molar-refractivity contribution < 1.29 is 19.2 Å². The van der Waals surface area contributed by atoms with Gasteiger partial charge in [-0.3, -0.25) is 14.5 Å². The van der Waals surface area contributed by atoms with Crippen LogP contribution < -0.4 is 4.90 Å². The normalized spacial score (nSPS) is 25.6. The highest BCUT2D eigenvalue weighted by atomic mass is 16.5. The van der Waals surface area contributed by atoms with Crippen LogP contribution in [0.1, 0.15) is 25.7 Å². The van der Waals surface area contributed by atoms with Gasteiger partial charge in [-0.2, -0.15) is 0 Å². The van der Waals surface area contributed by atoms with E-state index in [2.05, 4.69) is 5.16 Å². The number of hydrogen-bond acceptors (Lipinski definition) is 5. The maximum absolute atomic E-state index is 12.5. The van der Waals surface area contributed by atoms with Crippen LogP contribution in [-0.4, -0.2) is 22.1 Å². The minimum Gasteiger partial charge on any atom is -0.491 e. The first-order chi connectivity index (χ1) is 10.2. The Morgan fingerprint density at radius 1 is 1.14 bits per heavy atom. The van der Waals surface area contributed by atoms with E-state index in [1.807, 2.05) is 0 Å². The Morgan fingerprint density at radius 3 is 2.48 bits per heavy atom. The number of hydrogen-bond donors (Lipinski definition) is 1. The quantitative estimate of drug-likeness (QED) is 0.812. The minimum atomic E-state index is -0.233. The number of anilines is 1. The molecule has 2 unspecified atom stereocenters. The van der Waals surface area contributed by atoms with Gasteiger partial charge in [0.1, 0.15) is 0 Å². The third kappa shape index (κ3) is 1.68. The van der Waals surface area contributed by atoms with Crippen LogP contribution in [-0.2, 0) is 9.59 Å². The predicted octanol–water partition coefficient (Wildman–Crippen LogP) is 2.21. The van der Waals surface area contributed by atoms with E-state index in [1.165, 1.54) is 4.90 Å². The van der Waals surface area contributed by atoms with Crippen molar-refractivity contribution in [2.75, 3.05) is 4.90 Å². The molecular formula is C15H14N2O4. The number of carbonyl (C=O) groups is 2. The van der Waals surface area contributed by atoms with Crippen molar-refractivity contribution in [3.8, 4) is 5.88 Å². The van der Waals surface area contributed by atoms with E-state index < -0.39 is 0 Å². The molecule has 2 aliphatic rings. The zero-order chi connectivity index (χ0) is 14.6. The number of carbonyl (C=O) groups excluding carboxylic acids is 2. The number of fused-ring (bicyclic) bond motifs is 2. The molecule has 21 heavy (non-hydrogen) atoms. The van der Waals surface area contributed by atoms with Gasteiger partial charge in [-0.25, -0.2) is 0 Å². The molecule has 1 saturated heterocycles. The van der Waals surface area contributed by atoms with Crippen LogP contribution in [0.15, 0.2) is 22.7 Å². The highest BCUT2D eigenvalue weighted by Crippen LogP contribution is 2.41. The van der Waals surface area contributed by atoms with Crippen molar-refractivity contribution in [3.05, 3.63) is 18.2 Å². The molecule has 2 heterocycles. The standard InChI is InChI=1S/C15H14N2O4/c18-13-11-7-8(5-6-12(11)21-16-13)17-14(19)9-3-1-2-4-10(9)15(17)20/h5-7,9-10H,1-4H2,(H,16,18). The highest BCUT2D eigenvalue weighted by molar-refractivity contribution is 6.22. The van der Waals surface area contributed by atoms with E-state index in [-0.39, 0.29) is 29.5 Å². The fourth-order valence-electron chi connectivity index (χ4n) is 3.47. The molecule has 108 valence electrons. The molecule has 1 aromatic heterocycles. The lowest BCUT2D eigenvalue weighted by Crippen LogP contribution is -2.30. The molecule has 1 N–H and O–H groups in total. The highest BCUT2D eigenvalue weighted by Gasteiger charge is 2.48. The molecule has 1 aliphatic heterocycles. The Labute approximate surface area is 120 Å². The summed E-state index contributed by atoms with van der Waals surface area (Å²) in [5.41, 5.74) is 0.901. The summed E-state index contributed by atoms with van der Waals surface area (Å²) in [6.07, 6.45) is 3.57. The zero-order valence-electron chi connectivity index (χ0n) is 11.3. The van der Waals surface area contributed by atoms with Crippen molar-refractivity contribution in [3.63, 3.8) is 0 Å². The molecule has 1 saturated carbocycles. The topological polar surface area (TPSA) is 83.6 Å². The lowest BCUT2D eigenvalue weighted by molar-refractivity contribution is -0.122. The van der Waals surface area contributed by atoms with E-state index in [0.717, 1.165) is 25.7 Å². The fourth-order valence-corrected chi connectivity index (χ4v) is 3.47. The molecule has 1 aliphatic carbocycles. The number of aromatic hydroxyl groups is 1. The summed E-state index contributed by atoms with van der Waals surface area (Å²) in [7, 11) is 0. The molecule has 2 amide bonds. The maximum Gasteiger partial charge on any atom is 0.259 e. The Kier molecular flexibility index (Phi) is 2.54. The van der Waals surface area contributed by atoms with E-state index in [4.69, 9.17) is 4.52 Å². The number of rotatable bonds is 1. The first kappa shape index (κ1) is 12.4. The molecule has 0 bridgehead atoms. The van der Waals surface area contributed by atoms with Crippen LogP contribution in [0.4, 0.5) is 5.69 Å². The van der Waals surface area contributed by atoms with Crippen LogP contribution in [0, 0.1) is 11.8 Å². The molecule has 2 fully saturated rings. The van der Waals surface area contributed by atoms with E-state index in [1.54, 1.807) is 18.2 Å². The maximum atomic E-state index is 12.5. The third-order valence-corrected chi connectivity index (χ3v) is 4.53. The molecule has 0 spiro atoms. The number of aromatic nitrogens is 1. The van der Waals surface area contributed by atoms with Gasteiger partial charge in [0, 0.05) is 0 Å². The van der Waals surface area contributed by atoms with Gasteiger partial charge in [-0.05, 0) is 36.2 Å². The van der Waals surface area contributed by atoms with Crippen molar-refractivity contribution in [2.24, 2.45) is 11.8 Å².